The van der Waals surface area contributed by atoms with Crippen LogP contribution in [0.4, 0.5) is 0 Å². The Morgan fingerprint density at radius 3 is 2.75 bits per heavy atom. The van der Waals surface area contributed by atoms with Crippen LogP contribution in [0.15, 0.2) is 30.3 Å². The molecule has 82 valence electrons. The number of rotatable bonds is 4. The number of carbonyl (C=O) groups is 1. The minimum absolute atomic E-state index is 0.155. The molecule has 0 radical (unpaired) electrons. The second kappa shape index (κ2) is 4.57. The zero-order chi connectivity index (χ0) is 11.4. The largest absolute Gasteiger partial charge is 0.461 e. The minimum Gasteiger partial charge on any atom is -0.461 e. The molecule has 2 rings (SSSR count). The van der Waals surface area contributed by atoms with E-state index in [0.717, 1.165) is 11.4 Å². The van der Waals surface area contributed by atoms with Crippen molar-refractivity contribution in [3.63, 3.8) is 0 Å². The van der Waals surface area contributed by atoms with Crippen LogP contribution in [0.25, 0.3) is 5.69 Å². The molecular weight excluding hydrogens is 206 g/mol. The normalized spacial score (nSPS) is 10.1. The van der Waals surface area contributed by atoms with Crippen molar-refractivity contribution in [1.82, 2.24) is 15.0 Å². The molecule has 0 atom stereocenters. The number of aromatic nitrogens is 3. The molecule has 2 aromatic rings. The topological polar surface area (TPSA) is 57.0 Å². The Bertz CT molecular complexity index is 479. The summed E-state index contributed by atoms with van der Waals surface area (Å²) in [4.78, 5) is 11.6. The first-order chi connectivity index (χ1) is 7.81. The fraction of sp³-hybridized carbons (Fsp3) is 0.182. The first-order valence-corrected chi connectivity index (χ1v) is 4.85. The Kier molecular flexibility index (Phi) is 2.95. The summed E-state index contributed by atoms with van der Waals surface area (Å²) in [6.45, 7) is 2.39. The molecule has 0 aliphatic rings. The highest BCUT2D eigenvalue weighted by Gasteiger charge is 2.07. The summed E-state index contributed by atoms with van der Waals surface area (Å²) in [5.41, 5.74) is 2.30. The van der Waals surface area contributed by atoms with Crippen LogP contribution in [-0.4, -0.2) is 21.5 Å². The standard InChI is InChI=1S/C11H11N3O2/c1-9-11(7-16-8-15)13-14(12-9)10-5-3-2-4-6-10/h2-6,8H,7H2,1H3. The predicted octanol–water partition coefficient (Wildman–Crippen LogP) is 1.25. The molecule has 0 amide bonds. The fourth-order valence-corrected chi connectivity index (χ4v) is 1.33. The van der Waals surface area contributed by atoms with Gasteiger partial charge in [-0.05, 0) is 19.1 Å². The van der Waals surface area contributed by atoms with Crippen molar-refractivity contribution in [2.75, 3.05) is 0 Å². The molecule has 0 bridgehead atoms. The van der Waals surface area contributed by atoms with E-state index in [9.17, 15) is 4.79 Å². The van der Waals surface area contributed by atoms with Gasteiger partial charge in [0.05, 0.1) is 11.4 Å². The van der Waals surface area contributed by atoms with E-state index in [2.05, 4.69) is 14.9 Å². The quantitative estimate of drug-likeness (QED) is 0.723. The molecule has 0 N–H and O–H groups in total. The molecule has 0 spiro atoms. The van der Waals surface area contributed by atoms with Crippen LogP contribution in [0.5, 0.6) is 0 Å². The maximum atomic E-state index is 10.1. The number of nitrogens with zero attached hydrogens (tertiary/aromatic N) is 3. The lowest BCUT2D eigenvalue weighted by atomic mass is 10.3. The summed E-state index contributed by atoms with van der Waals surface area (Å²) in [5, 5.41) is 8.48. The second-order valence-electron chi connectivity index (χ2n) is 3.26. The van der Waals surface area contributed by atoms with E-state index >= 15 is 0 Å². The molecular formula is C11H11N3O2. The molecule has 0 saturated carbocycles. The Hall–Kier alpha value is -2.17. The number of para-hydroxylation sites is 1. The third kappa shape index (κ3) is 2.08. The molecule has 5 nitrogen and oxygen atoms in total. The number of ether oxygens (including phenoxy) is 1. The lowest BCUT2D eigenvalue weighted by Crippen LogP contribution is -1.99. The molecule has 16 heavy (non-hydrogen) atoms. The van der Waals surface area contributed by atoms with Gasteiger partial charge in [0.1, 0.15) is 12.3 Å². The van der Waals surface area contributed by atoms with Gasteiger partial charge in [-0.1, -0.05) is 18.2 Å². The predicted molar refractivity (Wildman–Crippen MR) is 56.9 cm³/mol. The van der Waals surface area contributed by atoms with Crippen molar-refractivity contribution in [2.24, 2.45) is 0 Å². The van der Waals surface area contributed by atoms with Crippen molar-refractivity contribution in [1.29, 1.82) is 0 Å². The number of hydrogen-bond acceptors (Lipinski definition) is 4. The first-order valence-electron chi connectivity index (χ1n) is 4.85. The van der Waals surface area contributed by atoms with Crippen LogP contribution >= 0.6 is 0 Å². The third-order valence-corrected chi connectivity index (χ3v) is 2.15. The number of carbonyl (C=O) groups excluding carboxylic acids is 1. The van der Waals surface area contributed by atoms with Crippen LogP contribution in [0.3, 0.4) is 0 Å². The molecule has 1 heterocycles. The summed E-state index contributed by atoms with van der Waals surface area (Å²) in [5.74, 6) is 0. The summed E-state index contributed by atoms with van der Waals surface area (Å²) < 4.78 is 4.65. The Morgan fingerprint density at radius 1 is 1.31 bits per heavy atom. The van der Waals surface area contributed by atoms with E-state index < -0.39 is 0 Å². The smallest absolute Gasteiger partial charge is 0.293 e. The molecule has 5 heteroatoms. The number of aryl methyl sites for hydroxylation is 1. The van der Waals surface area contributed by atoms with Crippen molar-refractivity contribution >= 4 is 6.47 Å². The lowest BCUT2D eigenvalue weighted by Gasteiger charge is -1.97. The third-order valence-electron chi connectivity index (χ3n) is 2.15. The van der Waals surface area contributed by atoms with Crippen LogP contribution in [0.1, 0.15) is 11.4 Å². The molecule has 0 aliphatic carbocycles. The minimum atomic E-state index is 0.155. The van der Waals surface area contributed by atoms with Gasteiger partial charge in [-0.3, -0.25) is 4.79 Å². The van der Waals surface area contributed by atoms with E-state index in [0.29, 0.717) is 12.2 Å². The van der Waals surface area contributed by atoms with Gasteiger partial charge in [-0.2, -0.15) is 9.90 Å². The van der Waals surface area contributed by atoms with Gasteiger partial charge in [-0.25, -0.2) is 0 Å². The average molecular weight is 217 g/mol. The average Bonchev–Trinajstić information content (AvgIpc) is 2.69. The van der Waals surface area contributed by atoms with Gasteiger partial charge in [0.25, 0.3) is 6.47 Å². The molecule has 1 aromatic heterocycles. The lowest BCUT2D eigenvalue weighted by molar-refractivity contribution is -0.129. The van der Waals surface area contributed by atoms with Crippen LogP contribution < -0.4 is 0 Å². The van der Waals surface area contributed by atoms with Gasteiger partial charge in [-0.15, -0.1) is 5.10 Å². The van der Waals surface area contributed by atoms with E-state index in [-0.39, 0.29) is 6.61 Å². The maximum Gasteiger partial charge on any atom is 0.293 e. The zero-order valence-electron chi connectivity index (χ0n) is 8.83. The van der Waals surface area contributed by atoms with E-state index in [1.165, 1.54) is 4.80 Å². The number of benzene rings is 1. The van der Waals surface area contributed by atoms with Gasteiger partial charge in [0.2, 0.25) is 0 Å². The summed E-state index contributed by atoms with van der Waals surface area (Å²) >= 11 is 0. The zero-order valence-corrected chi connectivity index (χ0v) is 8.83. The molecule has 0 aliphatic heterocycles. The molecule has 0 fully saturated rings. The maximum absolute atomic E-state index is 10.1. The highest BCUT2D eigenvalue weighted by Crippen LogP contribution is 2.08. The molecule has 0 saturated heterocycles. The highest BCUT2D eigenvalue weighted by molar-refractivity contribution is 5.37. The van der Waals surface area contributed by atoms with E-state index in [4.69, 9.17) is 0 Å². The fourth-order valence-electron chi connectivity index (χ4n) is 1.33. The second-order valence-corrected chi connectivity index (χ2v) is 3.26. The van der Waals surface area contributed by atoms with Crippen molar-refractivity contribution in [3.8, 4) is 5.69 Å². The molecule has 1 aromatic carbocycles. The van der Waals surface area contributed by atoms with Crippen molar-refractivity contribution in [2.45, 2.75) is 13.5 Å². The van der Waals surface area contributed by atoms with Gasteiger partial charge < -0.3 is 4.74 Å². The van der Waals surface area contributed by atoms with Crippen molar-refractivity contribution < 1.29 is 9.53 Å². The van der Waals surface area contributed by atoms with Crippen LogP contribution in [0.2, 0.25) is 0 Å². The summed E-state index contributed by atoms with van der Waals surface area (Å²) in [6.07, 6.45) is 0. The Balaban J connectivity index is 2.27. The van der Waals surface area contributed by atoms with Crippen LogP contribution in [-0.2, 0) is 16.1 Å². The van der Waals surface area contributed by atoms with Gasteiger partial charge >= 0.3 is 0 Å². The summed E-state index contributed by atoms with van der Waals surface area (Å²) in [7, 11) is 0. The van der Waals surface area contributed by atoms with E-state index in [1.807, 2.05) is 37.3 Å². The molecule has 0 unspecified atom stereocenters. The Morgan fingerprint density at radius 2 is 2.06 bits per heavy atom. The van der Waals surface area contributed by atoms with Crippen LogP contribution in [0, 0.1) is 6.92 Å². The van der Waals surface area contributed by atoms with Gasteiger partial charge in [0.15, 0.2) is 0 Å². The van der Waals surface area contributed by atoms with E-state index in [1.54, 1.807) is 0 Å². The first kappa shape index (κ1) is 10.4. The Labute approximate surface area is 92.7 Å². The highest BCUT2D eigenvalue weighted by atomic mass is 16.5. The SMILES string of the molecule is Cc1nn(-c2ccccc2)nc1COC=O. The monoisotopic (exact) mass is 217 g/mol. The van der Waals surface area contributed by atoms with Gasteiger partial charge in [0, 0.05) is 0 Å². The van der Waals surface area contributed by atoms with Crippen molar-refractivity contribution in [3.05, 3.63) is 41.7 Å². The number of hydrogen-bond donors (Lipinski definition) is 0. The summed E-state index contributed by atoms with van der Waals surface area (Å²) in [6, 6.07) is 9.56.